The van der Waals surface area contributed by atoms with Gasteiger partial charge in [0.25, 0.3) is 5.91 Å². The molecule has 1 fully saturated rings. The summed E-state index contributed by atoms with van der Waals surface area (Å²) in [5.41, 5.74) is 1.22. The standard InChI is InChI=1S/C18H22N4O2/c1-18(17(23)19-2)13-22(8-9-24-18)12-14-10-20-16(21-11-14)15-6-4-3-5-7-15/h3-7,10-11H,8-9,12-13H2,1-2H3,(H,19,23)/t18-/m1/s1. The fourth-order valence-electron chi connectivity index (χ4n) is 2.92. The van der Waals surface area contributed by atoms with Gasteiger partial charge in [-0.25, -0.2) is 9.97 Å². The lowest BCUT2D eigenvalue weighted by Gasteiger charge is -2.38. The quantitative estimate of drug-likeness (QED) is 0.922. The molecule has 0 saturated carbocycles. The number of rotatable bonds is 4. The second-order valence-electron chi connectivity index (χ2n) is 6.15. The molecule has 1 aliphatic heterocycles. The van der Waals surface area contributed by atoms with Crippen molar-refractivity contribution >= 4 is 5.91 Å². The molecule has 1 aromatic carbocycles. The van der Waals surface area contributed by atoms with Crippen molar-refractivity contribution < 1.29 is 9.53 Å². The minimum atomic E-state index is -0.808. The van der Waals surface area contributed by atoms with Crippen LogP contribution in [0.3, 0.4) is 0 Å². The third-order valence-electron chi connectivity index (χ3n) is 4.20. The molecule has 0 bridgehead atoms. The number of amides is 1. The van der Waals surface area contributed by atoms with Crippen LogP contribution in [0.5, 0.6) is 0 Å². The first-order valence-electron chi connectivity index (χ1n) is 8.05. The largest absolute Gasteiger partial charge is 0.363 e. The molecule has 0 spiro atoms. The van der Waals surface area contributed by atoms with Crippen molar-refractivity contribution in [2.24, 2.45) is 0 Å². The Kier molecular flexibility index (Phi) is 4.87. The van der Waals surface area contributed by atoms with Gasteiger partial charge in [-0.2, -0.15) is 0 Å². The number of hydrogen-bond acceptors (Lipinski definition) is 5. The number of nitrogens with zero attached hydrogens (tertiary/aromatic N) is 3. The van der Waals surface area contributed by atoms with Gasteiger partial charge in [-0.1, -0.05) is 30.3 Å². The van der Waals surface area contributed by atoms with Gasteiger partial charge in [0.05, 0.1) is 6.61 Å². The zero-order chi connectivity index (χ0) is 17.0. The molecule has 1 saturated heterocycles. The smallest absolute Gasteiger partial charge is 0.253 e. The lowest BCUT2D eigenvalue weighted by Crippen LogP contribution is -2.57. The van der Waals surface area contributed by atoms with Gasteiger partial charge in [-0.3, -0.25) is 9.69 Å². The van der Waals surface area contributed by atoms with Crippen molar-refractivity contribution in [3.63, 3.8) is 0 Å². The van der Waals surface area contributed by atoms with Gasteiger partial charge in [0, 0.05) is 50.2 Å². The van der Waals surface area contributed by atoms with E-state index in [2.05, 4.69) is 20.2 Å². The first-order valence-corrected chi connectivity index (χ1v) is 8.05. The molecule has 2 aromatic rings. The molecular weight excluding hydrogens is 304 g/mol. The van der Waals surface area contributed by atoms with E-state index in [0.717, 1.165) is 23.5 Å². The number of carbonyl (C=O) groups excluding carboxylic acids is 1. The number of benzene rings is 1. The summed E-state index contributed by atoms with van der Waals surface area (Å²) in [4.78, 5) is 23.1. The van der Waals surface area contributed by atoms with Crippen LogP contribution in [0, 0.1) is 0 Å². The lowest BCUT2D eigenvalue weighted by molar-refractivity contribution is -0.156. The second-order valence-corrected chi connectivity index (χ2v) is 6.15. The summed E-state index contributed by atoms with van der Waals surface area (Å²) in [7, 11) is 1.63. The van der Waals surface area contributed by atoms with Crippen LogP contribution < -0.4 is 5.32 Å². The number of likely N-dealkylation sites (N-methyl/N-ethyl adjacent to an activating group) is 1. The van der Waals surface area contributed by atoms with Crippen molar-refractivity contribution in [2.75, 3.05) is 26.7 Å². The third-order valence-corrected chi connectivity index (χ3v) is 4.20. The third kappa shape index (κ3) is 3.60. The minimum absolute atomic E-state index is 0.0946. The Labute approximate surface area is 141 Å². The van der Waals surface area contributed by atoms with E-state index in [-0.39, 0.29) is 5.91 Å². The molecule has 24 heavy (non-hydrogen) atoms. The maximum atomic E-state index is 12.0. The molecular formula is C18H22N4O2. The molecule has 6 nitrogen and oxygen atoms in total. The molecule has 0 aliphatic carbocycles. The fraction of sp³-hybridized carbons (Fsp3) is 0.389. The Morgan fingerprint density at radius 2 is 2.00 bits per heavy atom. The van der Waals surface area contributed by atoms with Gasteiger partial charge < -0.3 is 10.1 Å². The predicted molar refractivity (Wildman–Crippen MR) is 91.2 cm³/mol. The topological polar surface area (TPSA) is 67.4 Å². The summed E-state index contributed by atoms with van der Waals surface area (Å²) in [6.45, 7) is 4.39. The van der Waals surface area contributed by atoms with E-state index >= 15 is 0 Å². The van der Waals surface area contributed by atoms with Crippen LogP contribution in [0.2, 0.25) is 0 Å². The Morgan fingerprint density at radius 1 is 1.29 bits per heavy atom. The average molecular weight is 326 g/mol. The van der Waals surface area contributed by atoms with Gasteiger partial charge in [-0.05, 0) is 6.92 Å². The van der Waals surface area contributed by atoms with Crippen LogP contribution >= 0.6 is 0 Å². The average Bonchev–Trinajstić information content (AvgIpc) is 2.62. The number of aromatic nitrogens is 2. The highest BCUT2D eigenvalue weighted by atomic mass is 16.5. The van der Waals surface area contributed by atoms with Gasteiger partial charge >= 0.3 is 0 Å². The Bertz CT molecular complexity index is 690. The molecule has 2 heterocycles. The van der Waals surface area contributed by atoms with Gasteiger partial charge in [0.2, 0.25) is 0 Å². The van der Waals surface area contributed by atoms with E-state index in [1.807, 2.05) is 49.6 Å². The molecule has 6 heteroatoms. The van der Waals surface area contributed by atoms with Crippen LogP contribution in [-0.2, 0) is 16.1 Å². The minimum Gasteiger partial charge on any atom is -0.363 e. The monoisotopic (exact) mass is 326 g/mol. The first kappa shape index (κ1) is 16.5. The molecule has 3 rings (SSSR count). The highest BCUT2D eigenvalue weighted by Gasteiger charge is 2.38. The zero-order valence-corrected chi connectivity index (χ0v) is 14.0. The molecule has 1 amide bonds. The van der Waals surface area contributed by atoms with Gasteiger partial charge in [0.15, 0.2) is 11.4 Å². The molecule has 1 aromatic heterocycles. The van der Waals surface area contributed by atoms with E-state index in [9.17, 15) is 4.79 Å². The summed E-state index contributed by atoms with van der Waals surface area (Å²) < 4.78 is 5.68. The molecule has 0 radical (unpaired) electrons. The molecule has 1 atom stereocenters. The fourth-order valence-corrected chi connectivity index (χ4v) is 2.92. The highest BCUT2D eigenvalue weighted by Crippen LogP contribution is 2.20. The first-order chi connectivity index (χ1) is 11.6. The zero-order valence-electron chi connectivity index (χ0n) is 14.0. The van der Waals surface area contributed by atoms with E-state index in [1.54, 1.807) is 7.05 Å². The lowest BCUT2D eigenvalue weighted by atomic mass is 10.0. The van der Waals surface area contributed by atoms with Crippen molar-refractivity contribution in [2.45, 2.75) is 19.1 Å². The summed E-state index contributed by atoms with van der Waals surface area (Å²) in [6.07, 6.45) is 3.70. The molecule has 0 unspecified atom stereocenters. The van der Waals surface area contributed by atoms with Crippen LogP contribution in [0.25, 0.3) is 11.4 Å². The van der Waals surface area contributed by atoms with Crippen LogP contribution in [0.15, 0.2) is 42.7 Å². The number of hydrogen-bond donors (Lipinski definition) is 1. The molecule has 1 N–H and O–H groups in total. The number of carbonyl (C=O) groups is 1. The number of nitrogens with one attached hydrogen (secondary N) is 1. The van der Waals surface area contributed by atoms with Crippen molar-refractivity contribution in [3.8, 4) is 11.4 Å². The van der Waals surface area contributed by atoms with E-state index in [4.69, 9.17) is 4.74 Å². The van der Waals surface area contributed by atoms with Crippen LogP contribution in [-0.4, -0.2) is 53.1 Å². The number of morpholine rings is 1. The normalized spacial score (nSPS) is 21.4. The highest BCUT2D eigenvalue weighted by molar-refractivity contribution is 5.84. The van der Waals surface area contributed by atoms with E-state index in [0.29, 0.717) is 19.7 Å². The van der Waals surface area contributed by atoms with Crippen LogP contribution in [0.4, 0.5) is 0 Å². The Morgan fingerprint density at radius 3 is 2.67 bits per heavy atom. The van der Waals surface area contributed by atoms with E-state index in [1.165, 1.54) is 0 Å². The maximum Gasteiger partial charge on any atom is 0.253 e. The second kappa shape index (κ2) is 7.07. The van der Waals surface area contributed by atoms with Crippen molar-refractivity contribution in [3.05, 3.63) is 48.3 Å². The summed E-state index contributed by atoms with van der Waals surface area (Å²) in [5.74, 6) is 0.624. The SMILES string of the molecule is CNC(=O)[C@@]1(C)CN(Cc2cnc(-c3ccccc3)nc2)CCO1. The summed E-state index contributed by atoms with van der Waals surface area (Å²) in [5, 5.41) is 2.67. The summed E-state index contributed by atoms with van der Waals surface area (Å²) >= 11 is 0. The predicted octanol–water partition coefficient (Wildman–Crippen LogP) is 1.48. The van der Waals surface area contributed by atoms with Gasteiger partial charge in [0.1, 0.15) is 0 Å². The molecule has 1 aliphatic rings. The number of ether oxygens (including phenoxy) is 1. The molecule has 126 valence electrons. The summed E-state index contributed by atoms with van der Waals surface area (Å²) in [6, 6.07) is 9.90. The Hall–Kier alpha value is -2.31. The maximum absolute atomic E-state index is 12.0. The van der Waals surface area contributed by atoms with Crippen molar-refractivity contribution in [1.82, 2.24) is 20.2 Å². The van der Waals surface area contributed by atoms with Gasteiger partial charge in [-0.15, -0.1) is 0 Å². The van der Waals surface area contributed by atoms with Crippen LogP contribution in [0.1, 0.15) is 12.5 Å². The van der Waals surface area contributed by atoms with E-state index < -0.39 is 5.60 Å². The Balaban J connectivity index is 1.67. The van der Waals surface area contributed by atoms with Crippen molar-refractivity contribution in [1.29, 1.82) is 0 Å².